The zero-order valence-corrected chi connectivity index (χ0v) is 14.0. The van der Waals surface area contributed by atoms with Crippen molar-refractivity contribution in [2.45, 2.75) is 38.0 Å². The minimum Gasteiger partial charge on any atom is -0.339 e. The lowest BCUT2D eigenvalue weighted by atomic mass is 10.1. The second-order valence-electron chi connectivity index (χ2n) is 6.12. The molecule has 0 saturated carbocycles. The lowest BCUT2D eigenvalue weighted by molar-refractivity contribution is 0.0724. The molecule has 1 heterocycles. The summed E-state index contributed by atoms with van der Waals surface area (Å²) in [7, 11) is -3.50. The van der Waals surface area contributed by atoms with Crippen molar-refractivity contribution >= 4 is 15.9 Å². The normalized spacial score (nSPS) is 16.0. The van der Waals surface area contributed by atoms with E-state index in [2.05, 4.69) is 4.72 Å². The number of carbonyl (C=O) groups is 1. The Bertz CT molecular complexity index is 603. The number of benzene rings is 1. The average molecular weight is 324 g/mol. The monoisotopic (exact) mass is 324 g/mol. The Morgan fingerprint density at radius 3 is 2.27 bits per heavy atom. The van der Waals surface area contributed by atoms with Crippen molar-refractivity contribution in [2.75, 3.05) is 19.6 Å². The highest BCUT2D eigenvalue weighted by Gasteiger charge is 2.19. The highest BCUT2D eigenvalue weighted by atomic mass is 32.2. The minimum atomic E-state index is -3.50. The number of sulfonamides is 1. The lowest BCUT2D eigenvalue weighted by Gasteiger charge is -2.26. The molecule has 1 fully saturated rings. The van der Waals surface area contributed by atoms with Gasteiger partial charge in [-0.05, 0) is 49.4 Å². The summed E-state index contributed by atoms with van der Waals surface area (Å²) in [6.07, 6.45) is 3.25. The van der Waals surface area contributed by atoms with Crippen LogP contribution in [0.2, 0.25) is 0 Å². The van der Waals surface area contributed by atoms with E-state index in [1.807, 2.05) is 18.7 Å². The maximum absolute atomic E-state index is 12.3. The van der Waals surface area contributed by atoms with Crippen molar-refractivity contribution in [3.8, 4) is 0 Å². The molecule has 1 aromatic rings. The van der Waals surface area contributed by atoms with Crippen LogP contribution in [0.15, 0.2) is 29.2 Å². The summed E-state index contributed by atoms with van der Waals surface area (Å²) in [6.45, 7) is 5.87. The van der Waals surface area contributed by atoms with E-state index >= 15 is 0 Å². The van der Waals surface area contributed by atoms with Gasteiger partial charge in [-0.1, -0.05) is 13.8 Å². The van der Waals surface area contributed by atoms with Gasteiger partial charge in [0.1, 0.15) is 0 Å². The van der Waals surface area contributed by atoms with Gasteiger partial charge in [0.05, 0.1) is 4.90 Å². The molecule has 1 aliphatic heterocycles. The first-order valence-electron chi connectivity index (χ1n) is 7.79. The van der Waals surface area contributed by atoms with E-state index in [9.17, 15) is 13.2 Å². The van der Waals surface area contributed by atoms with Crippen LogP contribution in [-0.4, -0.2) is 38.9 Å². The SMILES string of the molecule is CC(C)CNS(=O)(=O)c1ccc(C(=O)N2CCCCC2)cc1. The van der Waals surface area contributed by atoms with Crippen LogP contribution in [0.4, 0.5) is 0 Å². The molecule has 0 atom stereocenters. The summed E-state index contributed by atoms with van der Waals surface area (Å²) in [6, 6.07) is 6.20. The van der Waals surface area contributed by atoms with Gasteiger partial charge < -0.3 is 4.90 Å². The van der Waals surface area contributed by atoms with E-state index in [0.717, 1.165) is 25.9 Å². The number of carbonyl (C=O) groups excluding carboxylic acids is 1. The molecule has 6 heteroatoms. The maximum Gasteiger partial charge on any atom is 0.253 e. The number of nitrogens with zero attached hydrogens (tertiary/aromatic N) is 1. The first-order chi connectivity index (χ1) is 10.4. The van der Waals surface area contributed by atoms with Crippen LogP contribution < -0.4 is 4.72 Å². The predicted octanol–water partition coefficient (Wildman–Crippen LogP) is 2.25. The first kappa shape index (κ1) is 17.0. The number of likely N-dealkylation sites (tertiary alicyclic amines) is 1. The van der Waals surface area contributed by atoms with E-state index in [-0.39, 0.29) is 16.7 Å². The number of hydrogen-bond acceptors (Lipinski definition) is 3. The Balaban J connectivity index is 2.07. The zero-order chi connectivity index (χ0) is 16.2. The van der Waals surface area contributed by atoms with Gasteiger partial charge >= 0.3 is 0 Å². The summed E-state index contributed by atoms with van der Waals surface area (Å²) in [5.41, 5.74) is 0.546. The molecule has 22 heavy (non-hydrogen) atoms. The topological polar surface area (TPSA) is 66.5 Å². The molecule has 1 saturated heterocycles. The third-order valence-electron chi connectivity index (χ3n) is 3.74. The smallest absolute Gasteiger partial charge is 0.253 e. The standard InChI is InChI=1S/C16H24N2O3S/c1-13(2)12-17-22(20,21)15-8-6-14(7-9-15)16(19)18-10-4-3-5-11-18/h6-9,13,17H,3-5,10-12H2,1-2H3. The number of piperidine rings is 1. The molecule has 0 radical (unpaired) electrons. The molecular weight excluding hydrogens is 300 g/mol. The van der Waals surface area contributed by atoms with Gasteiger partial charge in [0, 0.05) is 25.2 Å². The molecule has 0 aliphatic carbocycles. The van der Waals surface area contributed by atoms with Gasteiger partial charge in [-0.25, -0.2) is 13.1 Å². The molecule has 0 aromatic heterocycles. The third-order valence-corrected chi connectivity index (χ3v) is 5.18. The van der Waals surface area contributed by atoms with Crippen molar-refractivity contribution in [1.82, 2.24) is 9.62 Å². The van der Waals surface area contributed by atoms with Gasteiger partial charge in [-0.2, -0.15) is 0 Å². The molecule has 0 spiro atoms. The largest absolute Gasteiger partial charge is 0.339 e. The predicted molar refractivity (Wildman–Crippen MR) is 86.2 cm³/mol. The molecule has 5 nitrogen and oxygen atoms in total. The summed E-state index contributed by atoms with van der Waals surface area (Å²) >= 11 is 0. The fraction of sp³-hybridized carbons (Fsp3) is 0.562. The van der Waals surface area contributed by atoms with Crippen molar-refractivity contribution in [3.63, 3.8) is 0 Å². The van der Waals surface area contributed by atoms with E-state index in [4.69, 9.17) is 0 Å². The number of nitrogens with one attached hydrogen (secondary N) is 1. The Morgan fingerprint density at radius 2 is 1.73 bits per heavy atom. The van der Waals surface area contributed by atoms with E-state index in [0.29, 0.717) is 12.1 Å². The fourth-order valence-electron chi connectivity index (χ4n) is 2.42. The quantitative estimate of drug-likeness (QED) is 0.903. The van der Waals surface area contributed by atoms with Crippen LogP contribution in [0.3, 0.4) is 0 Å². The second-order valence-corrected chi connectivity index (χ2v) is 7.89. The van der Waals surface area contributed by atoms with E-state index < -0.39 is 10.0 Å². The Morgan fingerprint density at radius 1 is 1.14 bits per heavy atom. The Labute approximate surface area is 132 Å². The minimum absolute atomic E-state index is 0.0150. The molecule has 1 amide bonds. The van der Waals surface area contributed by atoms with E-state index in [1.165, 1.54) is 18.6 Å². The van der Waals surface area contributed by atoms with Gasteiger partial charge in [-0.15, -0.1) is 0 Å². The van der Waals surface area contributed by atoms with Crippen molar-refractivity contribution < 1.29 is 13.2 Å². The maximum atomic E-state index is 12.3. The highest BCUT2D eigenvalue weighted by Crippen LogP contribution is 2.15. The number of rotatable bonds is 5. The summed E-state index contributed by atoms with van der Waals surface area (Å²) in [4.78, 5) is 14.4. The van der Waals surface area contributed by atoms with Crippen LogP contribution in [0, 0.1) is 5.92 Å². The van der Waals surface area contributed by atoms with Crippen molar-refractivity contribution in [1.29, 1.82) is 0 Å². The summed E-state index contributed by atoms with van der Waals surface area (Å²) in [5.74, 6) is 0.230. The Kier molecular flexibility index (Phi) is 5.58. The number of hydrogen-bond donors (Lipinski definition) is 1. The highest BCUT2D eigenvalue weighted by molar-refractivity contribution is 7.89. The lowest BCUT2D eigenvalue weighted by Crippen LogP contribution is -2.35. The van der Waals surface area contributed by atoms with E-state index in [1.54, 1.807) is 12.1 Å². The van der Waals surface area contributed by atoms with Gasteiger partial charge in [-0.3, -0.25) is 4.79 Å². The Hall–Kier alpha value is -1.40. The summed E-state index contributed by atoms with van der Waals surface area (Å²) < 4.78 is 26.8. The third kappa shape index (κ3) is 4.30. The van der Waals surface area contributed by atoms with Gasteiger partial charge in [0.15, 0.2) is 0 Å². The molecule has 1 aromatic carbocycles. The van der Waals surface area contributed by atoms with Crippen LogP contribution in [-0.2, 0) is 10.0 Å². The molecule has 2 rings (SSSR count). The van der Waals surface area contributed by atoms with Crippen molar-refractivity contribution in [3.05, 3.63) is 29.8 Å². The molecule has 1 N–H and O–H groups in total. The van der Waals surface area contributed by atoms with Crippen LogP contribution >= 0.6 is 0 Å². The fourth-order valence-corrected chi connectivity index (χ4v) is 3.63. The molecule has 0 unspecified atom stereocenters. The first-order valence-corrected chi connectivity index (χ1v) is 9.27. The molecule has 122 valence electrons. The average Bonchev–Trinajstić information content (AvgIpc) is 2.53. The van der Waals surface area contributed by atoms with Crippen LogP contribution in [0.25, 0.3) is 0 Å². The molecule has 0 bridgehead atoms. The van der Waals surface area contributed by atoms with Gasteiger partial charge in [0.25, 0.3) is 5.91 Å². The van der Waals surface area contributed by atoms with Gasteiger partial charge in [0.2, 0.25) is 10.0 Å². The van der Waals surface area contributed by atoms with Crippen LogP contribution in [0.1, 0.15) is 43.5 Å². The molecular formula is C16H24N2O3S. The second kappa shape index (κ2) is 7.24. The summed E-state index contributed by atoms with van der Waals surface area (Å²) in [5, 5.41) is 0. The van der Waals surface area contributed by atoms with Crippen LogP contribution in [0.5, 0.6) is 0 Å². The zero-order valence-electron chi connectivity index (χ0n) is 13.2. The number of amides is 1. The molecule has 1 aliphatic rings. The van der Waals surface area contributed by atoms with Crippen molar-refractivity contribution in [2.24, 2.45) is 5.92 Å².